The molecule has 0 bridgehead atoms. The second-order valence-electron chi connectivity index (χ2n) is 5.17. The molecule has 0 saturated carbocycles. The Bertz CT molecular complexity index is 841. The summed E-state index contributed by atoms with van der Waals surface area (Å²) >= 11 is 5.46. The van der Waals surface area contributed by atoms with Gasteiger partial charge in [-0.25, -0.2) is 4.98 Å². The third kappa shape index (κ3) is 1.98. The minimum atomic E-state index is 0.0861. The van der Waals surface area contributed by atoms with Crippen LogP contribution in [0, 0.1) is 25.5 Å². The van der Waals surface area contributed by atoms with Gasteiger partial charge in [0, 0.05) is 11.3 Å². The minimum Gasteiger partial charge on any atom is -0.466 e. The molecular formula is C15H17N3OS. The van der Waals surface area contributed by atoms with Gasteiger partial charge in [0.15, 0.2) is 10.4 Å². The largest absolute Gasteiger partial charge is 0.466 e. The maximum atomic E-state index is 5.63. The molecule has 0 fully saturated rings. The van der Waals surface area contributed by atoms with Crippen molar-refractivity contribution in [2.45, 2.75) is 33.7 Å². The SMILES string of the molecule is Cc1ccc2[nH]c(=S)n(C(C)c3cc(C)oc3C)c2n1. The van der Waals surface area contributed by atoms with E-state index in [1.54, 1.807) is 0 Å². The molecule has 3 heterocycles. The smallest absolute Gasteiger partial charge is 0.179 e. The van der Waals surface area contributed by atoms with E-state index in [0.717, 1.165) is 33.9 Å². The number of H-pyrrole nitrogens is 1. The van der Waals surface area contributed by atoms with E-state index < -0.39 is 0 Å². The monoisotopic (exact) mass is 287 g/mol. The minimum absolute atomic E-state index is 0.0861. The summed E-state index contributed by atoms with van der Waals surface area (Å²) in [6.07, 6.45) is 0. The van der Waals surface area contributed by atoms with E-state index in [1.807, 2.05) is 32.9 Å². The van der Waals surface area contributed by atoms with Crippen LogP contribution < -0.4 is 0 Å². The first-order valence-corrected chi connectivity index (χ1v) is 7.03. The van der Waals surface area contributed by atoms with E-state index in [9.17, 15) is 0 Å². The number of nitrogens with zero attached hydrogens (tertiary/aromatic N) is 2. The lowest BCUT2D eigenvalue weighted by Gasteiger charge is -2.13. The number of imidazole rings is 1. The Morgan fingerprint density at radius 3 is 2.70 bits per heavy atom. The van der Waals surface area contributed by atoms with Gasteiger partial charge in [0.05, 0.1) is 11.6 Å². The van der Waals surface area contributed by atoms with Crippen molar-refractivity contribution in [1.29, 1.82) is 0 Å². The average Bonchev–Trinajstić information content (AvgIpc) is 2.87. The molecule has 104 valence electrons. The molecule has 0 amide bonds. The lowest BCUT2D eigenvalue weighted by molar-refractivity contribution is 0.494. The van der Waals surface area contributed by atoms with Crippen molar-refractivity contribution in [3.05, 3.63) is 45.7 Å². The number of aromatic nitrogens is 3. The van der Waals surface area contributed by atoms with Gasteiger partial charge in [-0.05, 0) is 58.1 Å². The number of aryl methyl sites for hydroxylation is 3. The van der Waals surface area contributed by atoms with Gasteiger partial charge in [0.2, 0.25) is 0 Å². The predicted octanol–water partition coefficient (Wildman–Crippen LogP) is 4.22. The first kappa shape index (κ1) is 13.1. The summed E-state index contributed by atoms with van der Waals surface area (Å²) in [5.74, 6) is 1.85. The summed E-state index contributed by atoms with van der Waals surface area (Å²) in [7, 11) is 0. The topological polar surface area (TPSA) is 46.8 Å². The van der Waals surface area contributed by atoms with Gasteiger partial charge >= 0.3 is 0 Å². The summed E-state index contributed by atoms with van der Waals surface area (Å²) in [6, 6.07) is 6.15. The Morgan fingerprint density at radius 2 is 2.05 bits per heavy atom. The molecule has 20 heavy (non-hydrogen) atoms. The van der Waals surface area contributed by atoms with E-state index in [0.29, 0.717) is 4.77 Å². The highest BCUT2D eigenvalue weighted by Gasteiger charge is 2.18. The van der Waals surface area contributed by atoms with Crippen LogP contribution in [0.1, 0.15) is 35.7 Å². The second kappa shape index (κ2) is 4.59. The van der Waals surface area contributed by atoms with Crippen LogP contribution in [0.2, 0.25) is 0 Å². The number of furan rings is 1. The van der Waals surface area contributed by atoms with E-state index in [4.69, 9.17) is 16.6 Å². The lowest BCUT2D eigenvalue weighted by atomic mass is 10.1. The van der Waals surface area contributed by atoms with E-state index in [1.165, 1.54) is 0 Å². The van der Waals surface area contributed by atoms with Crippen LogP contribution in [-0.2, 0) is 0 Å². The summed E-state index contributed by atoms with van der Waals surface area (Å²) in [4.78, 5) is 7.83. The second-order valence-corrected chi connectivity index (χ2v) is 5.56. The molecule has 0 aliphatic rings. The standard InChI is InChI=1S/C15H17N3OS/c1-8-5-6-13-14(16-8)18(15(20)17-13)10(3)12-7-9(2)19-11(12)4/h5-7,10H,1-4H3,(H,17,20). The van der Waals surface area contributed by atoms with Crippen molar-refractivity contribution in [2.24, 2.45) is 0 Å². The molecule has 3 aromatic heterocycles. The Morgan fingerprint density at radius 1 is 1.30 bits per heavy atom. The highest BCUT2D eigenvalue weighted by molar-refractivity contribution is 7.71. The Labute approximate surface area is 122 Å². The zero-order valence-electron chi connectivity index (χ0n) is 12.0. The van der Waals surface area contributed by atoms with Gasteiger partial charge in [-0.2, -0.15) is 0 Å². The van der Waals surface area contributed by atoms with Crippen molar-refractivity contribution in [3.63, 3.8) is 0 Å². The molecule has 0 aliphatic carbocycles. The summed E-state index contributed by atoms with van der Waals surface area (Å²) < 4.78 is 8.37. The fraction of sp³-hybridized carbons (Fsp3) is 0.333. The van der Waals surface area contributed by atoms with Crippen LogP contribution in [0.15, 0.2) is 22.6 Å². The molecule has 0 aromatic carbocycles. The van der Waals surface area contributed by atoms with Crippen molar-refractivity contribution in [2.75, 3.05) is 0 Å². The maximum Gasteiger partial charge on any atom is 0.179 e. The van der Waals surface area contributed by atoms with E-state index in [-0.39, 0.29) is 6.04 Å². The van der Waals surface area contributed by atoms with Crippen LogP contribution in [0.4, 0.5) is 0 Å². The molecular weight excluding hydrogens is 270 g/mol. The maximum absolute atomic E-state index is 5.63. The first-order chi connectivity index (χ1) is 9.47. The number of aromatic amines is 1. The van der Waals surface area contributed by atoms with Crippen LogP contribution in [-0.4, -0.2) is 14.5 Å². The zero-order valence-corrected chi connectivity index (χ0v) is 12.8. The summed E-state index contributed by atoms with van der Waals surface area (Å²) in [5.41, 5.74) is 3.97. The normalized spacial score (nSPS) is 13.0. The van der Waals surface area contributed by atoms with Crippen LogP contribution >= 0.6 is 12.2 Å². The van der Waals surface area contributed by atoms with Crippen molar-refractivity contribution in [3.8, 4) is 0 Å². The van der Waals surface area contributed by atoms with E-state index >= 15 is 0 Å². The molecule has 1 atom stereocenters. The summed E-state index contributed by atoms with van der Waals surface area (Å²) in [5, 5.41) is 0. The van der Waals surface area contributed by atoms with Crippen molar-refractivity contribution < 1.29 is 4.42 Å². The third-order valence-electron chi connectivity index (χ3n) is 3.62. The van der Waals surface area contributed by atoms with Gasteiger partial charge in [-0.15, -0.1) is 0 Å². The molecule has 0 spiro atoms. The van der Waals surface area contributed by atoms with Gasteiger partial charge in [0.1, 0.15) is 11.5 Å². The molecule has 1 unspecified atom stereocenters. The fourth-order valence-electron chi connectivity index (χ4n) is 2.66. The van der Waals surface area contributed by atoms with E-state index in [2.05, 4.69) is 27.5 Å². The molecule has 5 heteroatoms. The third-order valence-corrected chi connectivity index (χ3v) is 3.92. The number of pyridine rings is 1. The molecule has 4 nitrogen and oxygen atoms in total. The molecule has 3 aromatic rings. The first-order valence-electron chi connectivity index (χ1n) is 6.62. The number of hydrogen-bond acceptors (Lipinski definition) is 3. The van der Waals surface area contributed by atoms with Gasteiger partial charge in [0.25, 0.3) is 0 Å². The molecule has 0 aliphatic heterocycles. The van der Waals surface area contributed by atoms with Gasteiger partial charge in [-0.3, -0.25) is 4.57 Å². The number of hydrogen-bond donors (Lipinski definition) is 1. The number of nitrogens with one attached hydrogen (secondary N) is 1. The molecule has 3 rings (SSSR count). The Kier molecular flexibility index (Phi) is 3.01. The van der Waals surface area contributed by atoms with Gasteiger partial charge in [-0.1, -0.05) is 0 Å². The highest BCUT2D eigenvalue weighted by atomic mass is 32.1. The molecule has 0 saturated heterocycles. The van der Waals surface area contributed by atoms with Crippen LogP contribution in [0.5, 0.6) is 0 Å². The van der Waals surface area contributed by atoms with Crippen molar-refractivity contribution in [1.82, 2.24) is 14.5 Å². The predicted molar refractivity (Wildman–Crippen MR) is 81.6 cm³/mol. The number of fused-ring (bicyclic) bond motifs is 1. The Hall–Kier alpha value is -1.88. The summed E-state index contributed by atoms with van der Waals surface area (Å²) in [6.45, 7) is 8.04. The van der Waals surface area contributed by atoms with Crippen LogP contribution in [0.3, 0.4) is 0 Å². The number of rotatable bonds is 2. The van der Waals surface area contributed by atoms with Crippen LogP contribution in [0.25, 0.3) is 11.2 Å². The highest BCUT2D eigenvalue weighted by Crippen LogP contribution is 2.27. The zero-order chi connectivity index (χ0) is 14.4. The quantitative estimate of drug-likeness (QED) is 0.718. The van der Waals surface area contributed by atoms with Crippen molar-refractivity contribution >= 4 is 23.4 Å². The fourth-order valence-corrected chi connectivity index (χ4v) is 3.01. The molecule has 0 radical (unpaired) electrons. The Balaban J connectivity index is 2.23. The molecule has 1 N–H and O–H groups in total. The van der Waals surface area contributed by atoms with Gasteiger partial charge < -0.3 is 9.40 Å². The lowest BCUT2D eigenvalue weighted by Crippen LogP contribution is -2.08. The average molecular weight is 287 g/mol.